The average molecular weight is 456 g/mol. The molecule has 144 valence electrons. The molecule has 0 unspecified atom stereocenters. The molecule has 0 heterocycles. The van der Waals surface area contributed by atoms with Crippen LogP contribution >= 0.6 is 0 Å². The van der Waals surface area contributed by atoms with Gasteiger partial charge in [0.25, 0.3) is 0 Å². The molecule has 0 saturated heterocycles. The first-order valence-corrected chi connectivity index (χ1v) is 9.06. The standard InChI is InChI=1S/4C7H7.Zr/c4*1-7-5-3-2-4-6-7;/h4*2-6H,1H2;/q4*-1;+4. The van der Waals surface area contributed by atoms with Crippen molar-refractivity contribution in [3.8, 4) is 0 Å². The predicted molar refractivity (Wildman–Crippen MR) is 124 cm³/mol. The summed E-state index contributed by atoms with van der Waals surface area (Å²) < 4.78 is 0. The Kier molecular flexibility index (Phi) is 15.7. The van der Waals surface area contributed by atoms with Crippen LogP contribution in [-0.4, -0.2) is 0 Å². The van der Waals surface area contributed by atoms with E-state index in [1.54, 1.807) is 0 Å². The van der Waals surface area contributed by atoms with Gasteiger partial charge in [-0.1, -0.05) is 24.3 Å². The van der Waals surface area contributed by atoms with Crippen LogP contribution in [0.4, 0.5) is 0 Å². The molecule has 4 rings (SSSR count). The Morgan fingerprint density at radius 3 is 0.483 bits per heavy atom. The van der Waals surface area contributed by atoms with Gasteiger partial charge in [0.1, 0.15) is 0 Å². The normalized spacial score (nSPS) is 8.28. The van der Waals surface area contributed by atoms with Crippen LogP contribution in [0.5, 0.6) is 0 Å². The van der Waals surface area contributed by atoms with Crippen molar-refractivity contribution in [3.63, 3.8) is 0 Å². The average Bonchev–Trinajstić information content (AvgIpc) is 2.72. The maximum absolute atomic E-state index is 3.72. The number of hydrogen-bond donors (Lipinski definition) is 0. The molecule has 4 aromatic carbocycles. The molecule has 0 saturated carbocycles. The third-order valence-corrected chi connectivity index (χ3v) is 3.37. The van der Waals surface area contributed by atoms with Crippen LogP contribution in [0, 0.1) is 27.7 Å². The minimum Gasteiger partial charge on any atom is -0.199 e. The van der Waals surface area contributed by atoms with Crippen LogP contribution < -0.4 is 0 Å². The van der Waals surface area contributed by atoms with Crippen LogP contribution in [0.3, 0.4) is 0 Å². The Labute approximate surface area is 196 Å². The van der Waals surface area contributed by atoms with Gasteiger partial charge in [0.05, 0.1) is 0 Å². The van der Waals surface area contributed by atoms with Gasteiger partial charge < -0.3 is 0 Å². The van der Waals surface area contributed by atoms with Crippen LogP contribution in [0.1, 0.15) is 22.3 Å². The molecule has 0 aliphatic heterocycles. The summed E-state index contributed by atoms with van der Waals surface area (Å²) in [6, 6.07) is 39.5. The molecule has 4 aromatic rings. The summed E-state index contributed by atoms with van der Waals surface area (Å²) in [5.74, 6) is 0. The van der Waals surface area contributed by atoms with Crippen LogP contribution in [-0.2, 0) is 26.2 Å². The van der Waals surface area contributed by atoms with Crippen molar-refractivity contribution >= 4 is 0 Å². The van der Waals surface area contributed by atoms with Gasteiger partial charge in [-0.05, 0) is 0 Å². The second-order valence-corrected chi connectivity index (χ2v) is 5.94. The molecule has 0 atom stereocenters. The Hall–Kier alpha value is -2.76. The zero-order valence-electron chi connectivity index (χ0n) is 16.9. The summed E-state index contributed by atoms with van der Waals surface area (Å²) in [4.78, 5) is 0. The van der Waals surface area contributed by atoms with E-state index in [9.17, 15) is 0 Å². The summed E-state index contributed by atoms with van der Waals surface area (Å²) in [5.41, 5.74) is 4.29. The zero-order chi connectivity index (χ0) is 20.5. The van der Waals surface area contributed by atoms with Gasteiger partial charge in [-0.2, -0.15) is 98.5 Å². The van der Waals surface area contributed by atoms with Crippen molar-refractivity contribution in [2.24, 2.45) is 0 Å². The summed E-state index contributed by atoms with van der Waals surface area (Å²) in [6.45, 7) is 14.9. The molecule has 0 radical (unpaired) electrons. The van der Waals surface area contributed by atoms with Crippen LogP contribution in [0.25, 0.3) is 0 Å². The maximum atomic E-state index is 3.72. The number of hydrogen-bond acceptors (Lipinski definition) is 0. The van der Waals surface area contributed by atoms with Gasteiger partial charge in [0.2, 0.25) is 0 Å². The Balaban J connectivity index is 0.000000356. The monoisotopic (exact) mass is 454 g/mol. The molecule has 0 fully saturated rings. The van der Waals surface area contributed by atoms with E-state index in [4.69, 9.17) is 0 Å². The molecule has 0 N–H and O–H groups in total. The van der Waals surface area contributed by atoms with E-state index in [1.807, 2.05) is 121 Å². The molecule has 0 nitrogen and oxygen atoms in total. The van der Waals surface area contributed by atoms with Crippen molar-refractivity contribution < 1.29 is 26.2 Å². The summed E-state index contributed by atoms with van der Waals surface area (Å²) in [5, 5.41) is 0. The number of benzene rings is 4. The molecule has 1 heteroatoms. The molecule has 0 spiro atoms. The third-order valence-electron chi connectivity index (χ3n) is 3.37. The minimum atomic E-state index is 0. The summed E-state index contributed by atoms with van der Waals surface area (Å²) >= 11 is 0. The quantitative estimate of drug-likeness (QED) is 0.241. The summed E-state index contributed by atoms with van der Waals surface area (Å²) in [7, 11) is 0. The second-order valence-electron chi connectivity index (χ2n) is 5.94. The molecule has 29 heavy (non-hydrogen) atoms. The first-order valence-electron chi connectivity index (χ1n) is 9.06. The van der Waals surface area contributed by atoms with Crippen molar-refractivity contribution in [2.45, 2.75) is 0 Å². The molecular weight excluding hydrogens is 428 g/mol. The maximum Gasteiger partial charge on any atom is 4.00 e. The second kappa shape index (κ2) is 17.3. The Bertz CT molecular complexity index is 676. The van der Waals surface area contributed by atoms with E-state index >= 15 is 0 Å². The molecule has 0 amide bonds. The fraction of sp³-hybridized carbons (Fsp3) is 0. The Morgan fingerprint density at radius 2 is 0.414 bits per heavy atom. The zero-order valence-corrected chi connectivity index (χ0v) is 19.3. The molecular formula is C28H28Zr. The van der Waals surface area contributed by atoms with E-state index in [0.717, 1.165) is 22.3 Å². The van der Waals surface area contributed by atoms with Gasteiger partial charge in [0, 0.05) is 0 Å². The van der Waals surface area contributed by atoms with Crippen molar-refractivity contribution in [1.29, 1.82) is 0 Å². The van der Waals surface area contributed by atoms with Gasteiger partial charge >= 0.3 is 26.2 Å². The van der Waals surface area contributed by atoms with Gasteiger partial charge in [-0.15, -0.1) is 48.5 Å². The van der Waals surface area contributed by atoms with Gasteiger partial charge in [-0.25, -0.2) is 0 Å². The van der Waals surface area contributed by atoms with E-state index in [1.165, 1.54) is 0 Å². The third kappa shape index (κ3) is 15.9. The van der Waals surface area contributed by atoms with E-state index in [-0.39, 0.29) is 26.2 Å². The topological polar surface area (TPSA) is 0 Å². The smallest absolute Gasteiger partial charge is 0.199 e. The van der Waals surface area contributed by atoms with Gasteiger partial charge in [-0.3, -0.25) is 0 Å². The van der Waals surface area contributed by atoms with E-state index < -0.39 is 0 Å². The van der Waals surface area contributed by atoms with Crippen molar-refractivity contribution in [3.05, 3.63) is 171 Å². The van der Waals surface area contributed by atoms with Crippen LogP contribution in [0.2, 0.25) is 0 Å². The SMILES string of the molecule is [CH2-]c1ccccc1.[CH2-]c1ccccc1.[CH2-]c1ccccc1.[CH2-]c1ccccc1.[Zr+4]. The first kappa shape index (κ1) is 26.2. The largest absolute Gasteiger partial charge is 4.00 e. The van der Waals surface area contributed by atoms with Crippen molar-refractivity contribution in [1.82, 2.24) is 0 Å². The number of rotatable bonds is 0. The Morgan fingerprint density at radius 1 is 0.276 bits per heavy atom. The molecule has 0 aliphatic carbocycles. The first-order chi connectivity index (χ1) is 13.6. The molecule has 0 aromatic heterocycles. The minimum absolute atomic E-state index is 0. The molecule has 0 aliphatic rings. The predicted octanol–water partition coefficient (Wildman–Crippen LogP) is 7.47. The fourth-order valence-corrected chi connectivity index (χ4v) is 1.91. The fourth-order valence-electron chi connectivity index (χ4n) is 1.91. The molecule has 0 bridgehead atoms. The van der Waals surface area contributed by atoms with Crippen molar-refractivity contribution in [2.75, 3.05) is 0 Å². The van der Waals surface area contributed by atoms with E-state index in [2.05, 4.69) is 27.7 Å². The van der Waals surface area contributed by atoms with Crippen LogP contribution in [0.15, 0.2) is 121 Å². The van der Waals surface area contributed by atoms with Gasteiger partial charge in [0.15, 0.2) is 0 Å². The van der Waals surface area contributed by atoms with E-state index in [0.29, 0.717) is 0 Å². The summed E-state index contributed by atoms with van der Waals surface area (Å²) in [6.07, 6.45) is 0.